The second kappa shape index (κ2) is 6.22. The van der Waals surface area contributed by atoms with Crippen molar-refractivity contribution in [1.29, 1.82) is 0 Å². The van der Waals surface area contributed by atoms with Gasteiger partial charge in [0.25, 0.3) is 0 Å². The molecule has 1 aliphatic heterocycles. The number of halogens is 1. The SMILES string of the molecule is C=CCNC(=O)C1CC(=O)N(c2ccc(C)cc2Br)C1. The molecule has 1 aromatic carbocycles. The third kappa shape index (κ3) is 3.10. The van der Waals surface area contributed by atoms with Gasteiger partial charge in [0.05, 0.1) is 11.6 Å². The molecule has 0 bridgehead atoms. The fourth-order valence-corrected chi connectivity index (χ4v) is 2.97. The topological polar surface area (TPSA) is 49.4 Å². The molecule has 0 radical (unpaired) electrons. The molecule has 1 aromatic rings. The van der Waals surface area contributed by atoms with Crippen LogP contribution in [0.3, 0.4) is 0 Å². The van der Waals surface area contributed by atoms with Gasteiger partial charge in [-0.3, -0.25) is 9.59 Å². The summed E-state index contributed by atoms with van der Waals surface area (Å²) in [5.41, 5.74) is 1.94. The lowest BCUT2D eigenvalue weighted by molar-refractivity contribution is -0.126. The maximum Gasteiger partial charge on any atom is 0.227 e. The molecule has 1 aliphatic rings. The van der Waals surface area contributed by atoms with E-state index in [2.05, 4.69) is 27.8 Å². The Hall–Kier alpha value is -1.62. The number of anilines is 1. The first kappa shape index (κ1) is 14.8. The van der Waals surface area contributed by atoms with Crippen LogP contribution in [0, 0.1) is 12.8 Å². The van der Waals surface area contributed by atoms with E-state index in [9.17, 15) is 9.59 Å². The summed E-state index contributed by atoms with van der Waals surface area (Å²) in [7, 11) is 0. The van der Waals surface area contributed by atoms with Gasteiger partial charge in [0, 0.05) is 24.0 Å². The molecule has 0 spiro atoms. The Kier molecular flexibility index (Phi) is 4.60. The summed E-state index contributed by atoms with van der Waals surface area (Å²) in [6, 6.07) is 5.83. The average molecular weight is 337 g/mol. The van der Waals surface area contributed by atoms with Crippen LogP contribution in [0.2, 0.25) is 0 Å². The molecular formula is C15H17BrN2O2. The van der Waals surface area contributed by atoms with Gasteiger partial charge in [0.1, 0.15) is 0 Å². The first-order valence-electron chi connectivity index (χ1n) is 6.48. The highest BCUT2D eigenvalue weighted by Crippen LogP contribution is 2.32. The number of amides is 2. The lowest BCUT2D eigenvalue weighted by Gasteiger charge is -2.18. The van der Waals surface area contributed by atoms with Crippen LogP contribution in [0.5, 0.6) is 0 Å². The van der Waals surface area contributed by atoms with Crippen LogP contribution in [0.25, 0.3) is 0 Å². The van der Waals surface area contributed by atoms with E-state index in [1.54, 1.807) is 11.0 Å². The van der Waals surface area contributed by atoms with Gasteiger partial charge in [-0.25, -0.2) is 0 Å². The minimum atomic E-state index is -0.296. The Bertz CT molecular complexity index is 557. The zero-order chi connectivity index (χ0) is 14.7. The first-order chi connectivity index (χ1) is 9.52. The van der Waals surface area contributed by atoms with E-state index in [4.69, 9.17) is 0 Å². The van der Waals surface area contributed by atoms with E-state index in [1.807, 2.05) is 25.1 Å². The van der Waals surface area contributed by atoms with Crippen molar-refractivity contribution in [3.05, 3.63) is 40.9 Å². The summed E-state index contributed by atoms with van der Waals surface area (Å²) in [6.45, 7) is 6.40. The quantitative estimate of drug-likeness (QED) is 0.858. The Balaban J connectivity index is 2.13. The number of nitrogens with zero attached hydrogens (tertiary/aromatic N) is 1. The van der Waals surface area contributed by atoms with E-state index < -0.39 is 0 Å². The van der Waals surface area contributed by atoms with Gasteiger partial charge in [0.15, 0.2) is 0 Å². The molecule has 5 heteroatoms. The van der Waals surface area contributed by atoms with Crippen LogP contribution in [0.4, 0.5) is 5.69 Å². The summed E-state index contributed by atoms with van der Waals surface area (Å²) in [5.74, 6) is -0.409. The zero-order valence-corrected chi connectivity index (χ0v) is 12.9. The number of rotatable bonds is 4. The van der Waals surface area contributed by atoms with E-state index in [1.165, 1.54) is 0 Å². The van der Waals surface area contributed by atoms with Crippen LogP contribution < -0.4 is 10.2 Å². The van der Waals surface area contributed by atoms with Crippen molar-refractivity contribution in [3.63, 3.8) is 0 Å². The lowest BCUT2D eigenvalue weighted by atomic mass is 10.1. The highest BCUT2D eigenvalue weighted by molar-refractivity contribution is 9.10. The Morgan fingerprint density at radius 1 is 1.60 bits per heavy atom. The highest BCUT2D eigenvalue weighted by Gasteiger charge is 2.35. The lowest BCUT2D eigenvalue weighted by Crippen LogP contribution is -2.33. The molecule has 0 aromatic heterocycles. The molecule has 20 heavy (non-hydrogen) atoms. The molecule has 2 amide bonds. The fraction of sp³-hybridized carbons (Fsp3) is 0.333. The van der Waals surface area contributed by atoms with Gasteiger partial charge in [0.2, 0.25) is 11.8 Å². The van der Waals surface area contributed by atoms with Crippen molar-refractivity contribution >= 4 is 33.4 Å². The molecule has 2 rings (SSSR count). The third-order valence-electron chi connectivity index (χ3n) is 3.31. The zero-order valence-electron chi connectivity index (χ0n) is 11.4. The van der Waals surface area contributed by atoms with Gasteiger partial charge in [-0.2, -0.15) is 0 Å². The van der Waals surface area contributed by atoms with Gasteiger partial charge < -0.3 is 10.2 Å². The summed E-state index contributed by atoms with van der Waals surface area (Å²) in [5, 5.41) is 2.74. The summed E-state index contributed by atoms with van der Waals surface area (Å²) >= 11 is 3.48. The largest absolute Gasteiger partial charge is 0.352 e. The van der Waals surface area contributed by atoms with E-state index in [0.717, 1.165) is 15.7 Å². The van der Waals surface area contributed by atoms with Crippen molar-refractivity contribution in [3.8, 4) is 0 Å². The number of carbonyl (C=O) groups is 2. The van der Waals surface area contributed by atoms with Gasteiger partial charge >= 0.3 is 0 Å². The van der Waals surface area contributed by atoms with Crippen LogP contribution in [0.15, 0.2) is 35.3 Å². The summed E-state index contributed by atoms with van der Waals surface area (Å²) in [4.78, 5) is 25.7. The molecule has 4 nitrogen and oxygen atoms in total. The van der Waals surface area contributed by atoms with Crippen molar-refractivity contribution in [2.24, 2.45) is 5.92 Å². The smallest absolute Gasteiger partial charge is 0.227 e. The summed E-state index contributed by atoms with van der Waals surface area (Å²) in [6.07, 6.45) is 1.88. The molecule has 1 fully saturated rings. The highest BCUT2D eigenvalue weighted by atomic mass is 79.9. The molecule has 1 N–H and O–H groups in total. The van der Waals surface area contributed by atoms with Gasteiger partial charge in [-0.1, -0.05) is 12.1 Å². The van der Waals surface area contributed by atoms with E-state index in [-0.39, 0.29) is 24.2 Å². The normalized spacial score (nSPS) is 18.2. The standard InChI is InChI=1S/C15H17BrN2O2/c1-3-6-17-15(20)11-8-14(19)18(9-11)13-5-4-10(2)7-12(13)16/h3-5,7,11H,1,6,8-9H2,2H3,(H,17,20). The minimum Gasteiger partial charge on any atom is -0.352 e. The van der Waals surface area contributed by atoms with Crippen molar-refractivity contribution in [2.75, 3.05) is 18.0 Å². The van der Waals surface area contributed by atoms with E-state index >= 15 is 0 Å². The molecule has 106 valence electrons. The van der Waals surface area contributed by atoms with Gasteiger partial charge in [-0.05, 0) is 40.5 Å². The molecule has 0 saturated carbocycles. The van der Waals surface area contributed by atoms with Crippen LogP contribution in [-0.2, 0) is 9.59 Å². The van der Waals surface area contributed by atoms with Crippen LogP contribution >= 0.6 is 15.9 Å². The monoisotopic (exact) mass is 336 g/mol. The Morgan fingerprint density at radius 3 is 3.00 bits per heavy atom. The van der Waals surface area contributed by atoms with Crippen LogP contribution in [0.1, 0.15) is 12.0 Å². The average Bonchev–Trinajstić information content (AvgIpc) is 2.78. The Morgan fingerprint density at radius 2 is 2.35 bits per heavy atom. The molecule has 0 aliphatic carbocycles. The second-order valence-electron chi connectivity index (χ2n) is 4.89. The number of carbonyl (C=O) groups excluding carboxylic acids is 2. The summed E-state index contributed by atoms with van der Waals surface area (Å²) < 4.78 is 0.873. The molecule has 1 saturated heterocycles. The third-order valence-corrected chi connectivity index (χ3v) is 3.95. The van der Waals surface area contributed by atoms with Crippen molar-refractivity contribution < 1.29 is 9.59 Å². The van der Waals surface area contributed by atoms with Crippen molar-refractivity contribution in [1.82, 2.24) is 5.32 Å². The first-order valence-corrected chi connectivity index (χ1v) is 7.27. The number of hydrogen-bond acceptors (Lipinski definition) is 2. The number of nitrogens with one attached hydrogen (secondary N) is 1. The molecular weight excluding hydrogens is 320 g/mol. The predicted octanol–water partition coefficient (Wildman–Crippen LogP) is 2.41. The van der Waals surface area contributed by atoms with Crippen molar-refractivity contribution in [2.45, 2.75) is 13.3 Å². The predicted molar refractivity (Wildman–Crippen MR) is 82.5 cm³/mol. The molecule has 1 atom stereocenters. The molecule has 1 heterocycles. The minimum absolute atomic E-state index is 0.0201. The maximum absolute atomic E-state index is 12.1. The Labute approximate surface area is 127 Å². The number of aryl methyl sites for hydroxylation is 1. The fourth-order valence-electron chi connectivity index (χ4n) is 2.26. The maximum atomic E-state index is 12.1. The molecule has 1 unspecified atom stereocenters. The number of benzene rings is 1. The number of hydrogen-bond donors (Lipinski definition) is 1. The van der Waals surface area contributed by atoms with Gasteiger partial charge in [-0.15, -0.1) is 6.58 Å². The second-order valence-corrected chi connectivity index (χ2v) is 5.75. The van der Waals surface area contributed by atoms with Crippen LogP contribution in [-0.4, -0.2) is 24.9 Å². The van der Waals surface area contributed by atoms with E-state index in [0.29, 0.717) is 13.1 Å².